The van der Waals surface area contributed by atoms with Crippen molar-refractivity contribution >= 4 is 34.7 Å². The maximum absolute atomic E-state index is 12.8. The molecule has 0 N–H and O–H groups in total. The predicted octanol–water partition coefficient (Wildman–Crippen LogP) is 3.75. The Kier molecular flexibility index (Phi) is 4.93. The number of oxazole rings is 1. The molecule has 6 nitrogen and oxygen atoms in total. The van der Waals surface area contributed by atoms with Crippen molar-refractivity contribution in [2.45, 2.75) is 25.9 Å². The van der Waals surface area contributed by atoms with Crippen molar-refractivity contribution in [3.63, 3.8) is 0 Å². The lowest BCUT2D eigenvalue weighted by molar-refractivity contribution is -0.149. The second kappa shape index (κ2) is 7.68. The number of aryl methyl sites for hydroxylation is 1. The summed E-state index contributed by atoms with van der Waals surface area (Å²) in [7, 11) is 0. The van der Waals surface area contributed by atoms with Gasteiger partial charge in [0.15, 0.2) is 11.7 Å². The number of rotatable bonds is 4. The SMILES string of the molecule is CC(OC(=O)/C=C/c1nc2ccccc2o1)C(=O)N1CCCc2ccccc21. The number of aromatic nitrogens is 1. The largest absolute Gasteiger partial charge is 0.449 e. The summed E-state index contributed by atoms with van der Waals surface area (Å²) in [5.74, 6) is -0.536. The number of carbonyl (C=O) groups is 2. The van der Waals surface area contributed by atoms with E-state index < -0.39 is 12.1 Å². The molecule has 6 heteroatoms. The highest BCUT2D eigenvalue weighted by Crippen LogP contribution is 2.27. The average Bonchev–Trinajstić information content (AvgIpc) is 3.14. The lowest BCUT2D eigenvalue weighted by Gasteiger charge is -2.31. The first kappa shape index (κ1) is 18.0. The second-order valence-corrected chi connectivity index (χ2v) is 6.65. The van der Waals surface area contributed by atoms with E-state index in [1.54, 1.807) is 17.9 Å². The number of anilines is 1. The Bertz CT molecular complexity index is 1020. The lowest BCUT2D eigenvalue weighted by atomic mass is 10.0. The van der Waals surface area contributed by atoms with Crippen molar-refractivity contribution in [3.8, 4) is 0 Å². The van der Waals surface area contributed by atoms with Crippen LogP contribution in [0.5, 0.6) is 0 Å². The zero-order valence-corrected chi connectivity index (χ0v) is 15.5. The van der Waals surface area contributed by atoms with Gasteiger partial charge < -0.3 is 14.1 Å². The molecule has 0 bridgehead atoms. The molecule has 4 rings (SSSR count). The van der Waals surface area contributed by atoms with Crippen LogP contribution in [0.25, 0.3) is 17.2 Å². The average molecular weight is 376 g/mol. The molecule has 1 unspecified atom stereocenters. The molecule has 0 fully saturated rings. The van der Waals surface area contributed by atoms with Crippen LogP contribution in [0.4, 0.5) is 5.69 Å². The Hall–Kier alpha value is -3.41. The minimum atomic E-state index is -0.882. The fraction of sp³-hybridized carbons (Fsp3) is 0.227. The first-order valence-electron chi connectivity index (χ1n) is 9.25. The van der Waals surface area contributed by atoms with Gasteiger partial charge in [0, 0.05) is 24.4 Å². The van der Waals surface area contributed by atoms with Gasteiger partial charge in [-0.2, -0.15) is 0 Å². The van der Waals surface area contributed by atoms with E-state index in [2.05, 4.69) is 4.98 Å². The van der Waals surface area contributed by atoms with E-state index in [0.717, 1.165) is 24.1 Å². The van der Waals surface area contributed by atoms with Crippen molar-refractivity contribution < 1.29 is 18.7 Å². The summed E-state index contributed by atoms with van der Waals surface area (Å²) in [6.45, 7) is 2.21. The molecule has 142 valence electrons. The van der Waals surface area contributed by atoms with E-state index in [-0.39, 0.29) is 5.91 Å². The summed E-state index contributed by atoms with van der Waals surface area (Å²) in [6.07, 6.45) is 3.61. The quantitative estimate of drug-likeness (QED) is 0.512. The molecule has 1 aromatic heterocycles. The Balaban J connectivity index is 1.41. The molecule has 0 saturated carbocycles. The summed E-state index contributed by atoms with van der Waals surface area (Å²) < 4.78 is 10.8. The van der Waals surface area contributed by atoms with Gasteiger partial charge >= 0.3 is 5.97 Å². The van der Waals surface area contributed by atoms with Crippen LogP contribution in [0.3, 0.4) is 0 Å². The minimum Gasteiger partial charge on any atom is -0.449 e. The molecule has 2 aromatic carbocycles. The minimum absolute atomic E-state index is 0.226. The van der Waals surface area contributed by atoms with E-state index in [0.29, 0.717) is 23.5 Å². The van der Waals surface area contributed by atoms with Crippen LogP contribution in [0.1, 0.15) is 24.8 Å². The number of benzene rings is 2. The number of fused-ring (bicyclic) bond motifs is 2. The van der Waals surface area contributed by atoms with Gasteiger partial charge in [-0.05, 0) is 43.5 Å². The van der Waals surface area contributed by atoms with Crippen molar-refractivity contribution in [1.82, 2.24) is 4.98 Å². The maximum Gasteiger partial charge on any atom is 0.331 e. The number of amides is 1. The van der Waals surface area contributed by atoms with Crippen molar-refractivity contribution in [2.24, 2.45) is 0 Å². The van der Waals surface area contributed by atoms with Crippen LogP contribution in [0, 0.1) is 0 Å². The molecular formula is C22H20N2O4. The van der Waals surface area contributed by atoms with Crippen molar-refractivity contribution in [3.05, 3.63) is 66.1 Å². The van der Waals surface area contributed by atoms with Gasteiger partial charge in [0.2, 0.25) is 5.89 Å². The fourth-order valence-corrected chi connectivity index (χ4v) is 3.35. The normalized spacial score (nSPS) is 14.8. The van der Waals surface area contributed by atoms with Crippen LogP contribution in [0.2, 0.25) is 0 Å². The Morgan fingerprint density at radius 1 is 1.18 bits per heavy atom. The fourth-order valence-electron chi connectivity index (χ4n) is 3.35. The highest BCUT2D eigenvalue weighted by Gasteiger charge is 2.27. The molecule has 0 saturated heterocycles. The number of nitrogens with zero attached hydrogens (tertiary/aromatic N) is 2. The molecule has 1 aliphatic rings. The van der Waals surface area contributed by atoms with Crippen molar-refractivity contribution in [1.29, 1.82) is 0 Å². The highest BCUT2D eigenvalue weighted by atomic mass is 16.5. The van der Waals surface area contributed by atoms with Crippen LogP contribution in [-0.2, 0) is 20.7 Å². The Morgan fingerprint density at radius 3 is 2.82 bits per heavy atom. The number of carbonyl (C=O) groups excluding carboxylic acids is 2. The van der Waals surface area contributed by atoms with E-state index >= 15 is 0 Å². The van der Waals surface area contributed by atoms with Gasteiger partial charge in [-0.1, -0.05) is 30.3 Å². The number of esters is 1. The molecule has 0 radical (unpaired) electrons. The summed E-state index contributed by atoms with van der Waals surface area (Å²) in [4.78, 5) is 30.9. The van der Waals surface area contributed by atoms with Gasteiger partial charge in [-0.3, -0.25) is 4.79 Å². The third kappa shape index (κ3) is 3.67. The number of hydrogen-bond donors (Lipinski definition) is 0. The zero-order valence-electron chi connectivity index (χ0n) is 15.5. The van der Waals surface area contributed by atoms with Crippen LogP contribution in [0.15, 0.2) is 59.0 Å². The number of hydrogen-bond acceptors (Lipinski definition) is 5. The Morgan fingerprint density at radius 2 is 1.96 bits per heavy atom. The van der Waals surface area contributed by atoms with E-state index in [1.807, 2.05) is 42.5 Å². The first-order chi connectivity index (χ1) is 13.6. The van der Waals surface area contributed by atoms with Gasteiger partial charge in [-0.25, -0.2) is 9.78 Å². The van der Waals surface area contributed by atoms with E-state index in [1.165, 1.54) is 12.2 Å². The summed E-state index contributed by atoms with van der Waals surface area (Å²) in [5, 5.41) is 0. The first-order valence-corrected chi connectivity index (χ1v) is 9.25. The maximum atomic E-state index is 12.8. The van der Waals surface area contributed by atoms with Crippen LogP contribution in [-0.4, -0.2) is 29.5 Å². The van der Waals surface area contributed by atoms with Crippen molar-refractivity contribution in [2.75, 3.05) is 11.4 Å². The molecule has 1 aliphatic heterocycles. The number of ether oxygens (including phenoxy) is 1. The monoisotopic (exact) mass is 376 g/mol. The van der Waals surface area contributed by atoms with Crippen LogP contribution < -0.4 is 4.90 Å². The predicted molar refractivity (Wildman–Crippen MR) is 106 cm³/mol. The molecule has 3 aromatic rings. The van der Waals surface area contributed by atoms with E-state index in [9.17, 15) is 9.59 Å². The molecule has 0 spiro atoms. The summed E-state index contributed by atoms with van der Waals surface area (Å²) in [5.41, 5.74) is 3.38. The van der Waals surface area contributed by atoms with Crippen LogP contribution >= 0.6 is 0 Å². The molecule has 28 heavy (non-hydrogen) atoms. The molecule has 1 amide bonds. The van der Waals surface area contributed by atoms with Gasteiger partial charge in [-0.15, -0.1) is 0 Å². The summed E-state index contributed by atoms with van der Waals surface area (Å²) in [6, 6.07) is 15.2. The highest BCUT2D eigenvalue weighted by molar-refractivity contribution is 5.99. The zero-order chi connectivity index (χ0) is 19.5. The second-order valence-electron chi connectivity index (χ2n) is 6.65. The third-order valence-electron chi connectivity index (χ3n) is 4.69. The van der Waals surface area contributed by atoms with E-state index in [4.69, 9.17) is 9.15 Å². The molecule has 1 atom stereocenters. The molecular weight excluding hydrogens is 356 g/mol. The standard InChI is InChI=1S/C22H20N2O4/c1-15(22(26)24-14-6-8-16-7-2-4-10-18(16)24)27-21(25)13-12-20-23-17-9-3-5-11-19(17)28-20/h2-5,7,9-13,15H,6,8,14H2,1H3/b13-12+. The topological polar surface area (TPSA) is 72.6 Å². The lowest BCUT2D eigenvalue weighted by Crippen LogP contribution is -2.42. The van der Waals surface area contributed by atoms with Gasteiger partial charge in [0.25, 0.3) is 5.91 Å². The molecule has 2 heterocycles. The third-order valence-corrected chi connectivity index (χ3v) is 4.69. The molecule has 0 aliphatic carbocycles. The summed E-state index contributed by atoms with van der Waals surface area (Å²) >= 11 is 0. The van der Waals surface area contributed by atoms with Gasteiger partial charge in [0.05, 0.1) is 0 Å². The Labute approximate surface area is 162 Å². The smallest absolute Gasteiger partial charge is 0.331 e. The van der Waals surface area contributed by atoms with Gasteiger partial charge in [0.1, 0.15) is 5.52 Å². The number of para-hydroxylation sites is 3.